The lowest BCUT2D eigenvalue weighted by Crippen LogP contribution is -2.29. The molecule has 0 aliphatic carbocycles. The summed E-state index contributed by atoms with van der Waals surface area (Å²) in [6, 6.07) is 5.37. The van der Waals surface area contributed by atoms with Crippen molar-refractivity contribution in [2.24, 2.45) is 5.14 Å². The lowest BCUT2D eigenvalue weighted by molar-refractivity contribution is -0.153. The van der Waals surface area contributed by atoms with Crippen molar-refractivity contribution in [3.05, 3.63) is 24.3 Å². The molecule has 1 atom stereocenters. The predicted octanol–water partition coefficient (Wildman–Crippen LogP) is 1.39. The zero-order valence-electron chi connectivity index (χ0n) is 12.5. The van der Waals surface area contributed by atoms with Crippen LogP contribution in [-0.4, -0.2) is 26.4 Å². The first-order valence-electron chi connectivity index (χ1n) is 6.87. The molecule has 1 aromatic rings. The first kappa shape index (κ1) is 18.1. The van der Waals surface area contributed by atoms with Crippen molar-refractivity contribution in [3.8, 4) is 0 Å². The van der Waals surface area contributed by atoms with Crippen molar-refractivity contribution in [2.75, 3.05) is 5.32 Å². The van der Waals surface area contributed by atoms with Crippen LogP contribution in [0, 0.1) is 0 Å². The SMILES string of the molecule is CCCCC(=O)OC(C)C(=O)Nc1ccc(S(N)(=O)=O)cc1. The molecule has 0 aromatic heterocycles. The van der Waals surface area contributed by atoms with Gasteiger partial charge in [-0.2, -0.15) is 0 Å². The molecule has 0 radical (unpaired) electrons. The van der Waals surface area contributed by atoms with Gasteiger partial charge in [0, 0.05) is 12.1 Å². The van der Waals surface area contributed by atoms with Gasteiger partial charge in [0.05, 0.1) is 4.90 Å². The van der Waals surface area contributed by atoms with E-state index in [1.54, 1.807) is 0 Å². The maximum absolute atomic E-state index is 11.9. The highest BCUT2D eigenvalue weighted by molar-refractivity contribution is 7.89. The number of benzene rings is 1. The zero-order valence-corrected chi connectivity index (χ0v) is 13.4. The van der Waals surface area contributed by atoms with Gasteiger partial charge >= 0.3 is 5.97 Å². The maximum atomic E-state index is 11.9. The Kier molecular flexibility index (Phi) is 6.51. The van der Waals surface area contributed by atoms with Gasteiger partial charge in [0.1, 0.15) is 0 Å². The maximum Gasteiger partial charge on any atom is 0.306 e. The number of anilines is 1. The van der Waals surface area contributed by atoms with Crippen molar-refractivity contribution >= 4 is 27.6 Å². The molecule has 1 amide bonds. The summed E-state index contributed by atoms with van der Waals surface area (Å²) >= 11 is 0. The summed E-state index contributed by atoms with van der Waals surface area (Å²) in [7, 11) is -3.77. The van der Waals surface area contributed by atoms with Gasteiger partial charge in [-0.3, -0.25) is 9.59 Å². The van der Waals surface area contributed by atoms with Crippen LogP contribution in [0.1, 0.15) is 33.1 Å². The molecule has 0 saturated carbocycles. The van der Waals surface area contributed by atoms with Crippen molar-refractivity contribution < 1.29 is 22.7 Å². The first-order chi connectivity index (χ1) is 10.2. The Morgan fingerprint density at radius 1 is 1.27 bits per heavy atom. The molecule has 0 aliphatic heterocycles. The minimum absolute atomic E-state index is 0.0514. The van der Waals surface area contributed by atoms with Crippen LogP contribution in [0.4, 0.5) is 5.69 Å². The zero-order chi connectivity index (χ0) is 16.8. The Hall–Kier alpha value is -1.93. The molecule has 122 valence electrons. The molecule has 7 nitrogen and oxygen atoms in total. The molecule has 1 aromatic carbocycles. The number of sulfonamides is 1. The fourth-order valence-corrected chi connectivity index (χ4v) is 2.12. The number of carbonyl (C=O) groups is 2. The van der Waals surface area contributed by atoms with E-state index in [9.17, 15) is 18.0 Å². The normalized spacial score (nSPS) is 12.5. The molecular weight excluding hydrogens is 308 g/mol. The smallest absolute Gasteiger partial charge is 0.306 e. The van der Waals surface area contributed by atoms with Crippen molar-refractivity contribution in [3.63, 3.8) is 0 Å². The fraction of sp³-hybridized carbons (Fsp3) is 0.429. The summed E-state index contributed by atoms with van der Waals surface area (Å²) in [5.41, 5.74) is 0.383. The third-order valence-corrected chi connectivity index (χ3v) is 3.79. The number of hydrogen-bond acceptors (Lipinski definition) is 5. The van der Waals surface area contributed by atoms with Crippen LogP contribution in [0.15, 0.2) is 29.2 Å². The van der Waals surface area contributed by atoms with Crippen LogP contribution in [0.5, 0.6) is 0 Å². The van der Waals surface area contributed by atoms with Crippen LogP contribution in [0.25, 0.3) is 0 Å². The quantitative estimate of drug-likeness (QED) is 0.734. The second-order valence-electron chi connectivity index (χ2n) is 4.79. The van der Waals surface area contributed by atoms with E-state index in [1.165, 1.54) is 31.2 Å². The number of amides is 1. The Morgan fingerprint density at radius 2 is 1.86 bits per heavy atom. The number of unbranched alkanes of at least 4 members (excludes halogenated alkanes) is 1. The van der Waals surface area contributed by atoms with E-state index in [0.29, 0.717) is 12.1 Å². The predicted molar refractivity (Wildman–Crippen MR) is 81.5 cm³/mol. The van der Waals surface area contributed by atoms with E-state index in [4.69, 9.17) is 9.88 Å². The molecule has 0 heterocycles. The van der Waals surface area contributed by atoms with E-state index in [0.717, 1.165) is 6.42 Å². The van der Waals surface area contributed by atoms with Gasteiger partial charge in [-0.05, 0) is 37.6 Å². The molecular formula is C14H20N2O5S. The van der Waals surface area contributed by atoms with Crippen LogP contribution < -0.4 is 10.5 Å². The lowest BCUT2D eigenvalue weighted by atomic mass is 10.2. The molecule has 0 fully saturated rings. The Morgan fingerprint density at radius 3 is 2.36 bits per heavy atom. The molecule has 8 heteroatoms. The summed E-state index contributed by atoms with van der Waals surface area (Å²) in [5, 5.41) is 7.51. The summed E-state index contributed by atoms with van der Waals surface area (Å²) < 4.78 is 27.2. The summed E-state index contributed by atoms with van der Waals surface area (Å²) in [4.78, 5) is 23.3. The van der Waals surface area contributed by atoms with E-state index >= 15 is 0 Å². The monoisotopic (exact) mass is 328 g/mol. The summed E-state index contributed by atoms with van der Waals surface area (Å²) in [6.07, 6.45) is 0.924. The lowest BCUT2D eigenvalue weighted by Gasteiger charge is -2.13. The number of carbonyl (C=O) groups excluding carboxylic acids is 2. The van der Waals surface area contributed by atoms with E-state index in [-0.39, 0.29) is 11.3 Å². The summed E-state index contributed by atoms with van der Waals surface area (Å²) in [6.45, 7) is 3.42. The molecule has 0 bridgehead atoms. The van der Waals surface area contributed by atoms with Crippen LogP contribution in [0.3, 0.4) is 0 Å². The van der Waals surface area contributed by atoms with Gasteiger partial charge in [-0.15, -0.1) is 0 Å². The Bertz CT molecular complexity index is 625. The minimum Gasteiger partial charge on any atom is -0.453 e. The number of primary sulfonamides is 1. The van der Waals surface area contributed by atoms with E-state index in [1.807, 2.05) is 6.92 Å². The van der Waals surface area contributed by atoms with Crippen LogP contribution >= 0.6 is 0 Å². The number of ether oxygens (including phenoxy) is 1. The standard InChI is InChI=1S/C14H20N2O5S/c1-3-4-5-13(17)21-10(2)14(18)16-11-6-8-12(9-7-11)22(15,19)20/h6-10H,3-5H2,1-2H3,(H,16,18)(H2,15,19,20). The number of hydrogen-bond donors (Lipinski definition) is 2. The Labute approximate surface area is 129 Å². The molecule has 0 spiro atoms. The second kappa shape index (κ2) is 7.90. The van der Waals surface area contributed by atoms with Crippen LogP contribution in [0.2, 0.25) is 0 Å². The van der Waals surface area contributed by atoms with Gasteiger partial charge < -0.3 is 10.1 Å². The van der Waals surface area contributed by atoms with Gasteiger partial charge in [0.2, 0.25) is 10.0 Å². The number of rotatable bonds is 7. The molecule has 3 N–H and O–H groups in total. The highest BCUT2D eigenvalue weighted by Crippen LogP contribution is 2.13. The molecule has 0 aliphatic rings. The van der Waals surface area contributed by atoms with Crippen molar-refractivity contribution in [1.82, 2.24) is 0 Å². The van der Waals surface area contributed by atoms with Gasteiger partial charge in [-0.25, -0.2) is 13.6 Å². The molecule has 1 unspecified atom stereocenters. The van der Waals surface area contributed by atoms with Gasteiger partial charge in [-0.1, -0.05) is 13.3 Å². The van der Waals surface area contributed by atoms with Gasteiger partial charge in [0.25, 0.3) is 5.91 Å². The fourth-order valence-electron chi connectivity index (χ4n) is 1.60. The average Bonchev–Trinajstić information content (AvgIpc) is 2.44. The highest BCUT2D eigenvalue weighted by atomic mass is 32.2. The van der Waals surface area contributed by atoms with E-state index < -0.39 is 28.0 Å². The molecule has 1 rings (SSSR count). The summed E-state index contributed by atoms with van der Waals surface area (Å²) in [5.74, 6) is -0.915. The number of esters is 1. The topological polar surface area (TPSA) is 116 Å². The minimum atomic E-state index is -3.77. The van der Waals surface area contributed by atoms with Crippen LogP contribution in [-0.2, 0) is 24.3 Å². The van der Waals surface area contributed by atoms with Crippen molar-refractivity contribution in [1.29, 1.82) is 0 Å². The third-order valence-electron chi connectivity index (χ3n) is 2.86. The average molecular weight is 328 g/mol. The Balaban J connectivity index is 2.59. The van der Waals surface area contributed by atoms with Gasteiger partial charge in [0.15, 0.2) is 6.10 Å². The number of nitrogens with one attached hydrogen (secondary N) is 1. The van der Waals surface area contributed by atoms with E-state index in [2.05, 4.69) is 5.32 Å². The first-order valence-corrected chi connectivity index (χ1v) is 8.42. The van der Waals surface area contributed by atoms with Crippen molar-refractivity contribution in [2.45, 2.75) is 44.1 Å². The molecule has 22 heavy (non-hydrogen) atoms. The highest BCUT2D eigenvalue weighted by Gasteiger charge is 2.17. The largest absolute Gasteiger partial charge is 0.453 e. The third kappa shape index (κ3) is 5.82. The second-order valence-corrected chi connectivity index (χ2v) is 6.36. The number of nitrogens with two attached hydrogens (primary N) is 1. The molecule has 0 saturated heterocycles.